The maximum Gasteiger partial charge on any atom is 0.0892 e. The second-order valence-electron chi connectivity index (χ2n) is 6.37. The van der Waals surface area contributed by atoms with Crippen molar-refractivity contribution in [1.82, 2.24) is 10.6 Å². The molecule has 4 nitrogen and oxygen atoms in total. The van der Waals surface area contributed by atoms with Crippen molar-refractivity contribution < 1.29 is 4.21 Å². The number of benzene rings is 2. The Morgan fingerprint density at radius 3 is 2.80 bits per heavy atom. The lowest BCUT2D eigenvalue weighted by Crippen LogP contribution is -2.49. The number of nitrogens with zero attached hydrogens (tertiary/aromatic N) is 1. The molecule has 2 atom stereocenters. The molecule has 1 saturated heterocycles. The van der Waals surface area contributed by atoms with Gasteiger partial charge in [0.25, 0.3) is 0 Å². The average Bonchev–Trinajstić information content (AvgIpc) is 2.68. The summed E-state index contributed by atoms with van der Waals surface area (Å²) in [5, 5.41) is 7.04. The smallest absolute Gasteiger partial charge is 0.0892 e. The second-order valence-corrected chi connectivity index (χ2v) is 8.66. The number of nitrogens with one attached hydrogen (secondary N) is 2. The van der Waals surface area contributed by atoms with Crippen LogP contribution >= 0.6 is 11.8 Å². The van der Waals surface area contributed by atoms with Crippen molar-refractivity contribution in [2.24, 2.45) is 0 Å². The normalized spacial score (nSPS) is 22.4. The molecule has 2 unspecified atom stereocenters. The van der Waals surface area contributed by atoms with Gasteiger partial charge in [0.05, 0.1) is 32.0 Å². The van der Waals surface area contributed by atoms with E-state index in [1.807, 2.05) is 24.3 Å². The Labute approximate surface area is 155 Å². The van der Waals surface area contributed by atoms with Crippen LogP contribution in [0.4, 0.5) is 11.4 Å². The molecule has 0 spiro atoms. The van der Waals surface area contributed by atoms with Crippen LogP contribution in [0.25, 0.3) is 0 Å². The predicted molar refractivity (Wildman–Crippen MR) is 106 cm³/mol. The molecule has 0 radical (unpaired) electrons. The van der Waals surface area contributed by atoms with Gasteiger partial charge in [-0.25, -0.2) is 4.21 Å². The molecule has 132 valence electrons. The highest BCUT2D eigenvalue weighted by atomic mass is 32.2. The van der Waals surface area contributed by atoms with Crippen LogP contribution in [0, 0.1) is 0 Å². The molecule has 6 heteroatoms. The van der Waals surface area contributed by atoms with E-state index >= 15 is 0 Å². The summed E-state index contributed by atoms with van der Waals surface area (Å²) in [6.45, 7) is 4.00. The molecule has 0 amide bonds. The summed E-state index contributed by atoms with van der Waals surface area (Å²) in [7, 11) is -1.11. The van der Waals surface area contributed by atoms with Gasteiger partial charge in [-0.15, -0.1) is 11.8 Å². The van der Waals surface area contributed by atoms with Crippen molar-refractivity contribution in [1.29, 1.82) is 0 Å². The molecule has 0 aromatic heterocycles. The molecule has 25 heavy (non-hydrogen) atoms. The van der Waals surface area contributed by atoms with E-state index in [9.17, 15) is 4.21 Å². The predicted octanol–water partition coefficient (Wildman–Crippen LogP) is 2.98. The molecule has 2 N–H and O–H groups in total. The molecule has 1 fully saturated rings. The molecule has 2 aliphatic rings. The number of fused-ring (bicyclic) bond motifs is 2. The topological polar surface area (TPSA) is 44.4 Å². The zero-order valence-electron chi connectivity index (χ0n) is 14.3. The summed E-state index contributed by atoms with van der Waals surface area (Å²) < 4.78 is 13.0. The van der Waals surface area contributed by atoms with Crippen molar-refractivity contribution >= 4 is 33.9 Å². The van der Waals surface area contributed by atoms with Gasteiger partial charge in [0, 0.05) is 37.1 Å². The van der Waals surface area contributed by atoms with E-state index < -0.39 is 10.8 Å². The first-order chi connectivity index (χ1) is 12.3. The minimum atomic E-state index is -1.11. The van der Waals surface area contributed by atoms with Crippen LogP contribution in [0.15, 0.2) is 57.2 Å². The molecule has 4 rings (SSSR count). The number of para-hydroxylation sites is 1. The largest absolute Gasteiger partial charge is 0.339 e. The number of hydrogen-bond acceptors (Lipinski definition) is 5. The van der Waals surface area contributed by atoms with Crippen LogP contribution in [-0.2, 0) is 10.8 Å². The Hall–Kier alpha value is -1.34. The molecule has 2 aromatic carbocycles. The molecule has 2 aliphatic heterocycles. The first-order valence-corrected chi connectivity index (χ1v) is 11.1. The monoisotopic (exact) mass is 373 g/mol. The van der Waals surface area contributed by atoms with Gasteiger partial charge in [0.15, 0.2) is 0 Å². The second kappa shape index (κ2) is 7.50. The molecular weight excluding hydrogens is 350 g/mol. The van der Waals surface area contributed by atoms with Crippen molar-refractivity contribution in [3.8, 4) is 0 Å². The maximum absolute atomic E-state index is 13.0. The summed E-state index contributed by atoms with van der Waals surface area (Å²) in [5.74, 6) is 0. The van der Waals surface area contributed by atoms with Gasteiger partial charge in [0.1, 0.15) is 0 Å². The highest BCUT2D eigenvalue weighted by Crippen LogP contribution is 2.43. The lowest BCUT2D eigenvalue weighted by molar-refractivity contribution is 0.402. The molecule has 2 aromatic rings. The Morgan fingerprint density at radius 1 is 1.16 bits per heavy atom. The summed E-state index contributed by atoms with van der Waals surface area (Å²) in [6, 6.07) is 14.9. The third kappa shape index (κ3) is 3.36. The lowest BCUT2D eigenvalue weighted by atomic mass is 10.1. The van der Waals surface area contributed by atoms with Gasteiger partial charge in [-0.2, -0.15) is 0 Å². The summed E-state index contributed by atoms with van der Waals surface area (Å²) in [6.07, 6.45) is 3.13. The van der Waals surface area contributed by atoms with Gasteiger partial charge in [-0.05, 0) is 43.0 Å². The van der Waals surface area contributed by atoms with Crippen LogP contribution in [0.1, 0.15) is 6.42 Å². The SMILES string of the molecule is CSc1ccc2c(c1)N(CCC1CNCCN1)c1ccccc1S2=O. The van der Waals surface area contributed by atoms with Crippen molar-refractivity contribution in [2.75, 3.05) is 37.3 Å². The number of anilines is 2. The molecule has 0 bridgehead atoms. The van der Waals surface area contributed by atoms with E-state index in [2.05, 4.69) is 40.0 Å². The molecule has 2 heterocycles. The minimum absolute atomic E-state index is 0.487. The fraction of sp³-hybridized carbons (Fsp3) is 0.368. The van der Waals surface area contributed by atoms with Crippen LogP contribution in [-0.4, -0.2) is 42.7 Å². The maximum atomic E-state index is 13.0. The van der Waals surface area contributed by atoms with E-state index in [-0.39, 0.29) is 0 Å². The van der Waals surface area contributed by atoms with Crippen molar-refractivity contribution in [3.63, 3.8) is 0 Å². The van der Waals surface area contributed by atoms with Gasteiger partial charge < -0.3 is 15.5 Å². The Bertz CT molecular complexity index is 790. The molecular formula is C19H23N3OS2. The van der Waals surface area contributed by atoms with Crippen LogP contribution in [0.2, 0.25) is 0 Å². The number of hydrogen-bond donors (Lipinski definition) is 2. The Kier molecular flexibility index (Phi) is 5.12. The molecule has 0 saturated carbocycles. The Morgan fingerprint density at radius 2 is 2.00 bits per heavy atom. The van der Waals surface area contributed by atoms with Gasteiger partial charge >= 0.3 is 0 Å². The van der Waals surface area contributed by atoms with E-state index in [1.54, 1.807) is 11.8 Å². The zero-order chi connectivity index (χ0) is 17.2. The fourth-order valence-corrected chi connectivity index (χ4v) is 5.31. The van der Waals surface area contributed by atoms with Crippen LogP contribution < -0.4 is 15.5 Å². The van der Waals surface area contributed by atoms with Gasteiger partial charge in [-0.1, -0.05) is 12.1 Å². The van der Waals surface area contributed by atoms with Crippen LogP contribution in [0.3, 0.4) is 0 Å². The first kappa shape index (κ1) is 17.1. The van der Waals surface area contributed by atoms with E-state index in [4.69, 9.17) is 0 Å². The minimum Gasteiger partial charge on any atom is -0.339 e. The number of thioether (sulfide) groups is 1. The van der Waals surface area contributed by atoms with Crippen molar-refractivity contribution in [3.05, 3.63) is 42.5 Å². The van der Waals surface area contributed by atoms with E-state index in [0.29, 0.717) is 6.04 Å². The zero-order valence-corrected chi connectivity index (χ0v) is 16.0. The van der Waals surface area contributed by atoms with Crippen molar-refractivity contribution in [2.45, 2.75) is 27.1 Å². The first-order valence-electron chi connectivity index (χ1n) is 8.68. The Balaban J connectivity index is 1.69. The average molecular weight is 374 g/mol. The fourth-order valence-electron chi connectivity index (χ4n) is 3.52. The van der Waals surface area contributed by atoms with E-state index in [1.165, 1.54) is 4.90 Å². The third-order valence-corrected chi connectivity index (χ3v) is 7.05. The van der Waals surface area contributed by atoms with E-state index in [0.717, 1.165) is 53.8 Å². The quantitative estimate of drug-likeness (QED) is 0.807. The number of piperazine rings is 1. The third-order valence-electron chi connectivity index (χ3n) is 4.84. The van der Waals surface area contributed by atoms with Crippen LogP contribution in [0.5, 0.6) is 0 Å². The van der Waals surface area contributed by atoms with Gasteiger partial charge in [-0.3, -0.25) is 0 Å². The summed E-state index contributed by atoms with van der Waals surface area (Å²) in [4.78, 5) is 5.40. The summed E-state index contributed by atoms with van der Waals surface area (Å²) >= 11 is 1.72. The van der Waals surface area contributed by atoms with Gasteiger partial charge in [0.2, 0.25) is 0 Å². The highest BCUT2D eigenvalue weighted by molar-refractivity contribution is 7.98. The summed E-state index contributed by atoms with van der Waals surface area (Å²) in [5.41, 5.74) is 2.17. The number of rotatable bonds is 4. The standard InChI is InChI=1S/C19H23N3OS2/c1-24-15-6-7-19-17(12-15)22(11-8-14-13-20-9-10-21-14)16-4-2-3-5-18(16)25(19)23/h2-7,12,14,20-21H,8-11,13H2,1H3. The molecule has 0 aliphatic carbocycles. The highest BCUT2D eigenvalue weighted by Gasteiger charge is 2.28. The lowest BCUT2D eigenvalue weighted by Gasteiger charge is -2.34.